The minimum atomic E-state index is -3.19. The molecule has 5 heteroatoms. The van der Waals surface area contributed by atoms with Crippen molar-refractivity contribution in [3.8, 4) is 0 Å². The number of hydrogen-bond acceptors (Lipinski definition) is 4. The smallest absolute Gasteiger partial charge is 0.156 e. The molecule has 1 aromatic rings. The highest BCUT2D eigenvalue weighted by atomic mass is 32.2. The van der Waals surface area contributed by atoms with E-state index in [9.17, 15) is 8.42 Å². The number of nitrogens with two attached hydrogens (primary N) is 1. The Labute approximate surface area is 121 Å². The summed E-state index contributed by atoms with van der Waals surface area (Å²) in [4.78, 5) is 0. The zero-order valence-corrected chi connectivity index (χ0v) is 12.7. The van der Waals surface area contributed by atoms with Gasteiger partial charge < -0.3 is 10.5 Å². The first kappa shape index (κ1) is 15.5. The monoisotopic (exact) mass is 297 g/mol. The Bertz CT molecular complexity index is 515. The third-order valence-corrected chi connectivity index (χ3v) is 6.35. The Morgan fingerprint density at radius 2 is 1.95 bits per heavy atom. The number of rotatable bonds is 5. The first-order valence-electron chi connectivity index (χ1n) is 7.05. The Morgan fingerprint density at radius 1 is 1.25 bits per heavy atom. The molecule has 1 fully saturated rings. The van der Waals surface area contributed by atoms with E-state index in [0.29, 0.717) is 12.3 Å². The molecule has 1 aromatic carbocycles. The Balaban J connectivity index is 2.13. The van der Waals surface area contributed by atoms with Crippen LogP contribution in [0.4, 0.5) is 0 Å². The number of hydrogen-bond donors (Lipinski definition) is 1. The topological polar surface area (TPSA) is 69.4 Å². The van der Waals surface area contributed by atoms with Crippen LogP contribution in [0.1, 0.15) is 30.7 Å². The summed E-state index contributed by atoms with van der Waals surface area (Å²) in [6.45, 7) is 0.238. The number of methoxy groups -OCH3 is 1. The van der Waals surface area contributed by atoms with Gasteiger partial charge in [-0.2, -0.15) is 0 Å². The highest BCUT2D eigenvalue weighted by molar-refractivity contribution is 7.92. The first-order chi connectivity index (χ1) is 9.54. The molecule has 2 N–H and O–H groups in total. The lowest BCUT2D eigenvalue weighted by Crippen LogP contribution is -2.46. The molecule has 4 nitrogen and oxygen atoms in total. The highest BCUT2D eigenvalue weighted by Crippen LogP contribution is 2.35. The lowest BCUT2D eigenvalue weighted by atomic mass is 9.82. The molecule has 0 heterocycles. The molecule has 1 aliphatic rings. The van der Waals surface area contributed by atoms with Gasteiger partial charge in [-0.05, 0) is 30.7 Å². The number of ether oxygens (including phenoxy) is 1. The van der Waals surface area contributed by atoms with Gasteiger partial charge >= 0.3 is 0 Å². The van der Waals surface area contributed by atoms with E-state index in [1.807, 2.05) is 18.2 Å². The third kappa shape index (κ3) is 3.59. The maximum absolute atomic E-state index is 12.4. The molecule has 3 atom stereocenters. The molecule has 20 heavy (non-hydrogen) atoms. The van der Waals surface area contributed by atoms with Gasteiger partial charge in [0.2, 0.25) is 0 Å². The van der Waals surface area contributed by atoms with Crippen LogP contribution in [0.3, 0.4) is 0 Å². The Morgan fingerprint density at radius 3 is 2.60 bits per heavy atom. The Kier molecular flexibility index (Phi) is 5.18. The molecule has 3 unspecified atom stereocenters. The molecular weight excluding hydrogens is 274 g/mol. The van der Waals surface area contributed by atoms with Crippen molar-refractivity contribution >= 4 is 9.84 Å². The van der Waals surface area contributed by atoms with Gasteiger partial charge in [-0.3, -0.25) is 0 Å². The molecule has 0 bridgehead atoms. The minimum absolute atomic E-state index is 0.0589. The van der Waals surface area contributed by atoms with Crippen LogP contribution in [0.15, 0.2) is 30.3 Å². The van der Waals surface area contributed by atoms with Crippen LogP contribution in [0.2, 0.25) is 0 Å². The van der Waals surface area contributed by atoms with Gasteiger partial charge in [0.15, 0.2) is 9.84 Å². The maximum Gasteiger partial charge on any atom is 0.156 e. The molecule has 1 saturated carbocycles. The van der Waals surface area contributed by atoms with E-state index in [1.165, 1.54) is 12.7 Å². The lowest BCUT2D eigenvalue weighted by molar-refractivity contribution is 0.216. The average Bonchev–Trinajstić information content (AvgIpc) is 2.46. The maximum atomic E-state index is 12.4. The van der Waals surface area contributed by atoms with Crippen molar-refractivity contribution in [2.75, 3.05) is 19.5 Å². The van der Waals surface area contributed by atoms with Gasteiger partial charge in [-0.1, -0.05) is 30.3 Å². The van der Waals surface area contributed by atoms with Crippen molar-refractivity contribution in [1.29, 1.82) is 0 Å². The van der Waals surface area contributed by atoms with Gasteiger partial charge in [-0.15, -0.1) is 0 Å². The lowest BCUT2D eigenvalue weighted by Gasteiger charge is -2.34. The standard InChI is InChI=1S/C15H23NO3S/c1-19-9-10-20(17,18)15-11-13(7-8-14(15)16)12-5-3-2-4-6-12/h2-6,13-15H,7-11,16H2,1H3. The molecule has 0 radical (unpaired) electrons. The molecule has 1 aliphatic carbocycles. The predicted octanol–water partition coefficient (Wildman–Crippen LogP) is 1.71. The predicted molar refractivity (Wildman–Crippen MR) is 80.5 cm³/mol. The first-order valence-corrected chi connectivity index (χ1v) is 8.77. The van der Waals surface area contributed by atoms with Crippen molar-refractivity contribution in [1.82, 2.24) is 0 Å². The largest absolute Gasteiger partial charge is 0.384 e. The second kappa shape index (κ2) is 6.70. The van der Waals surface area contributed by atoms with Gasteiger partial charge in [0.1, 0.15) is 0 Å². The molecular formula is C15H23NO3S. The minimum Gasteiger partial charge on any atom is -0.384 e. The summed E-state index contributed by atoms with van der Waals surface area (Å²) >= 11 is 0. The fourth-order valence-corrected chi connectivity index (χ4v) is 4.84. The van der Waals surface area contributed by atoms with Crippen LogP contribution in [0, 0.1) is 0 Å². The van der Waals surface area contributed by atoms with E-state index in [0.717, 1.165) is 12.8 Å². The number of sulfone groups is 1. The molecule has 0 aliphatic heterocycles. The van der Waals surface area contributed by atoms with E-state index in [1.54, 1.807) is 0 Å². The molecule has 0 amide bonds. The molecule has 2 rings (SSSR count). The molecule has 0 spiro atoms. The second-order valence-electron chi connectivity index (χ2n) is 5.48. The van der Waals surface area contributed by atoms with Crippen molar-refractivity contribution in [3.05, 3.63) is 35.9 Å². The molecule has 0 aromatic heterocycles. The highest BCUT2D eigenvalue weighted by Gasteiger charge is 2.37. The van der Waals surface area contributed by atoms with Crippen molar-refractivity contribution in [2.24, 2.45) is 5.73 Å². The summed E-state index contributed by atoms with van der Waals surface area (Å²) in [5, 5.41) is -0.448. The fraction of sp³-hybridized carbons (Fsp3) is 0.600. The van der Waals surface area contributed by atoms with Crippen LogP contribution < -0.4 is 5.73 Å². The third-order valence-electron chi connectivity index (χ3n) is 4.15. The van der Waals surface area contributed by atoms with Crippen molar-refractivity contribution in [3.63, 3.8) is 0 Å². The van der Waals surface area contributed by atoms with Crippen molar-refractivity contribution in [2.45, 2.75) is 36.5 Å². The zero-order chi connectivity index (χ0) is 14.6. The summed E-state index contributed by atoms with van der Waals surface area (Å²) in [6.07, 6.45) is 2.34. The SMILES string of the molecule is COCCS(=O)(=O)C1CC(c2ccccc2)CCC1N. The summed E-state index contributed by atoms with van der Waals surface area (Å²) in [6, 6.07) is 9.86. The van der Waals surface area contributed by atoms with Crippen LogP contribution >= 0.6 is 0 Å². The van der Waals surface area contributed by atoms with Crippen molar-refractivity contribution < 1.29 is 13.2 Å². The molecule has 112 valence electrons. The van der Waals surface area contributed by atoms with E-state index in [4.69, 9.17) is 10.5 Å². The zero-order valence-electron chi connectivity index (χ0n) is 11.9. The summed E-state index contributed by atoms with van der Waals surface area (Å²) < 4.78 is 29.6. The molecule has 0 saturated heterocycles. The van der Waals surface area contributed by atoms with Gasteiger partial charge in [0.25, 0.3) is 0 Å². The van der Waals surface area contributed by atoms with Gasteiger partial charge in [-0.25, -0.2) is 8.42 Å². The average molecular weight is 297 g/mol. The van der Waals surface area contributed by atoms with Crippen LogP contribution in [0.25, 0.3) is 0 Å². The normalized spacial score (nSPS) is 27.4. The summed E-state index contributed by atoms with van der Waals surface area (Å²) in [5.41, 5.74) is 7.27. The van der Waals surface area contributed by atoms with Gasteiger partial charge in [0.05, 0.1) is 17.6 Å². The van der Waals surface area contributed by atoms with E-state index in [-0.39, 0.29) is 18.4 Å². The second-order valence-corrected chi connectivity index (χ2v) is 7.82. The summed E-state index contributed by atoms with van der Waals surface area (Å²) in [7, 11) is -1.67. The quantitative estimate of drug-likeness (QED) is 0.898. The van der Waals surface area contributed by atoms with Crippen LogP contribution in [0.5, 0.6) is 0 Å². The van der Waals surface area contributed by atoms with E-state index < -0.39 is 15.1 Å². The van der Waals surface area contributed by atoms with Crippen LogP contribution in [-0.4, -0.2) is 39.2 Å². The van der Waals surface area contributed by atoms with E-state index in [2.05, 4.69) is 12.1 Å². The van der Waals surface area contributed by atoms with Gasteiger partial charge in [0, 0.05) is 13.2 Å². The fourth-order valence-electron chi connectivity index (χ4n) is 2.94. The summed E-state index contributed by atoms with van der Waals surface area (Å²) in [5.74, 6) is 0.349. The number of benzene rings is 1. The Hall–Kier alpha value is -0.910. The van der Waals surface area contributed by atoms with E-state index >= 15 is 0 Å². The van der Waals surface area contributed by atoms with Crippen LogP contribution in [-0.2, 0) is 14.6 Å².